The van der Waals surface area contributed by atoms with E-state index in [-0.39, 0.29) is 18.3 Å². The molecule has 0 unspecified atom stereocenters. The van der Waals surface area contributed by atoms with Crippen molar-refractivity contribution in [1.82, 2.24) is 0 Å². The molecule has 0 heterocycles. The van der Waals surface area contributed by atoms with Gasteiger partial charge in [0.1, 0.15) is 5.76 Å². The van der Waals surface area contributed by atoms with E-state index in [4.69, 9.17) is 20.5 Å². The molecule has 5 nitrogen and oxygen atoms in total. The number of carbonyl (C=O) groups is 1. The number of halogens is 1. The predicted molar refractivity (Wildman–Crippen MR) is 112 cm³/mol. The minimum absolute atomic E-state index is 0.0353. The molecule has 2 saturated carbocycles. The van der Waals surface area contributed by atoms with E-state index in [1.807, 2.05) is 19.1 Å². The first-order chi connectivity index (χ1) is 13.6. The number of carbonyl (C=O) groups excluding carboxylic acids is 1. The van der Waals surface area contributed by atoms with E-state index in [2.05, 4.69) is 0 Å². The van der Waals surface area contributed by atoms with E-state index >= 15 is 0 Å². The van der Waals surface area contributed by atoms with Gasteiger partial charge in [0, 0.05) is 24.0 Å². The predicted octanol–water partition coefficient (Wildman–Crippen LogP) is 4.76. The maximum Gasteiger partial charge on any atom is 0.305 e. The maximum absolute atomic E-state index is 13.3. The number of aryl methyl sites for hydroxylation is 1. The normalized spacial score (nSPS) is 27.7. The second-order valence-corrected chi connectivity index (χ2v) is 10.8. The van der Waals surface area contributed by atoms with Crippen LogP contribution in [0.4, 0.5) is 0 Å². The molecule has 0 amide bonds. The minimum Gasteiger partial charge on any atom is -0.386 e. The van der Waals surface area contributed by atoms with Gasteiger partial charge in [-0.3, -0.25) is 4.79 Å². The van der Waals surface area contributed by atoms with E-state index in [9.17, 15) is 13.2 Å². The minimum atomic E-state index is -3.77. The average molecular weight is 439 g/mol. The summed E-state index contributed by atoms with van der Waals surface area (Å²) < 4.78 is 35.4. The van der Waals surface area contributed by atoms with Gasteiger partial charge in [0.05, 0.1) is 17.9 Å². The lowest BCUT2D eigenvalue weighted by Gasteiger charge is -2.37. The molecule has 29 heavy (non-hydrogen) atoms. The lowest BCUT2D eigenvalue weighted by Crippen LogP contribution is -2.32. The molecular weight excluding hydrogens is 412 g/mol. The summed E-state index contributed by atoms with van der Waals surface area (Å²) in [6.45, 7) is 1.93. The third-order valence-corrected chi connectivity index (χ3v) is 7.23. The molecule has 1 aromatic rings. The third kappa shape index (κ3) is 3.99. The topological polar surface area (TPSA) is 69.7 Å². The molecular formula is C22H27ClO5S. The number of rotatable bonds is 5. The highest BCUT2D eigenvalue weighted by molar-refractivity contribution is 7.86. The van der Waals surface area contributed by atoms with Gasteiger partial charge in [-0.15, -0.1) is 0 Å². The molecule has 0 radical (unpaired) electrons. The molecule has 158 valence electrons. The molecule has 7 heteroatoms. The van der Waals surface area contributed by atoms with E-state index in [0.29, 0.717) is 35.1 Å². The summed E-state index contributed by atoms with van der Waals surface area (Å²) >= 11 is 6.31. The van der Waals surface area contributed by atoms with Crippen LogP contribution in [0.3, 0.4) is 0 Å². The van der Waals surface area contributed by atoms with E-state index in [1.54, 1.807) is 7.11 Å². The maximum atomic E-state index is 13.3. The lowest BCUT2D eigenvalue weighted by atomic mass is 9.71. The quantitative estimate of drug-likeness (QED) is 0.620. The van der Waals surface area contributed by atoms with Gasteiger partial charge in [0.25, 0.3) is 0 Å². The Morgan fingerprint density at radius 3 is 2.34 bits per heavy atom. The summed E-state index contributed by atoms with van der Waals surface area (Å²) in [5.74, 6) is 0.668. The van der Waals surface area contributed by atoms with Crippen molar-refractivity contribution in [3.63, 3.8) is 0 Å². The second kappa shape index (κ2) is 7.40. The van der Waals surface area contributed by atoms with Gasteiger partial charge in [0.15, 0.2) is 5.78 Å². The van der Waals surface area contributed by atoms with E-state index < -0.39 is 15.5 Å². The molecule has 4 rings (SSSR count). The van der Waals surface area contributed by atoms with Crippen molar-refractivity contribution in [2.75, 3.05) is 13.4 Å². The monoisotopic (exact) mass is 438 g/mol. The fraction of sp³-hybridized carbons (Fsp3) is 0.591. The zero-order valence-corrected chi connectivity index (χ0v) is 18.7. The van der Waals surface area contributed by atoms with Crippen LogP contribution in [-0.4, -0.2) is 33.7 Å². The smallest absolute Gasteiger partial charge is 0.305 e. The van der Waals surface area contributed by atoms with Crippen LogP contribution in [-0.2, 0) is 23.8 Å². The van der Waals surface area contributed by atoms with Crippen molar-refractivity contribution in [2.24, 2.45) is 5.41 Å². The summed E-state index contributed by atoms with van der Waals surface area (Å²) in [5.41, 5.74) is 2.63. The zero-order valence-electron chi connectivity index (χ0n) is 17.1. The van der Waals surface area contributed by atoms with Crippen LogP contribution in [0.1, 0.15) is 67.6 Å². The number of hydrogen-bond donors (Lipinski definition) is 0. The van der Waals surface area contributed by atoms with E-state index in [1.165, 1.54) is 0 Å². The molecule has 1 spiro atoms. The largest absolute Gasteiger partial charge is 0.386 e. The molecule has 0 N–H and O–H groups in total. The molecule has 2 fully saturated rings. The number of allylic oxidation sites excluding steroid dienone is 2. The number of ketones is 1. The van der Waals surface area contributed by atoms with Crippen molar-refractivity contribution < 1.29 is 22.1 Å². The van der Waals surface area contributed by atoms with Crippen LogP contribution in [0.5, 0.6) is 0 Å². The molecule has 1 aromatic carbocycles. The Balaban J connectivity index is 1.90. The zero-order chi connectivity index (χ0) is 21.0. The fourth-order valence-corrected chi connectivity index (χ4v) is 5.86. The van der Waals surface area contributed by atoms with Crippen molar-refractivity contribution in [2.45, 2.75) is 63.9 Å². The molecule has 3 aliphatic rings. The Labute approximate surface area is 177 Å². The van der Waals surface area contributed by atoms with E-state index in [0.717, 1.165) is 48.6 Å². The Hall–Kier alpha value is -1.37. The molecule has 0 atom stereocenters. The van der Waals surface area contributed by atoms with Crippen LogP contribution in [0, 0.1) is 12.3 Å². The highest BCUT2D eigenvalue weighted by atomic mass is 35.5. The Bertz CT molecular complexity index is 983. The van der Waals surface area contributed by atoms with Crippen LogP contribution in [0.15, 0.2) is 17.9 Å². The van der Waals surface area contributed by atoms with Gasteiger partial charge in [-0.05, 0) is 80.2 Å². The second-order valence-electron chi connectivity index (χ2n) is 8.77. The first-order valence-corrected chi connectivity index (χ1v) is 12.3. The summed E-state index contributed by atoms with van der Waals surface area (Å²) in [6, 6.07) is 3.76. The summed E-state index contributed by atoms with van der Waals surface area (Å²) in [5, 5.41) is 0.639. The number of Topliss-reactive ketones (excluding diaryl/α,β-unsaturated/α-hetero) is 1. The summed E-state index contributed by atoms with van der Waals surface area (Å²) in [4.78, 5) is 13.3. The molecule has 0 aromatic heterocycles. The highest BCUT2D eigenvalue weighted by Gasteiger charge is 2.51. The number of methoxy groups -OCH3 is 1. The van der Waals surface area contributed by atoms with Crippen LogP contribution < -0.4 is 0 Å². The fourth-order valence-electron chi connectivity index (χ4n) is 5.01. The van der Waals surface area contributed by atoms with Gasteiger partial charge in [-0.1, -0.05) is 11.6 Å². The van der Waals surface area contributed by atoms with Gasteiger partial charge < -0.3 is 8.92 Å². The average Bonchev–Trinajstić information content (AvgIpc) is 3.43. The van der Waals surface area contributed by atoms with Crippen molar-refractivity contribution in [3.8, 4) is 0 Å². The lowest BCUT2D eigenvalue weighted by molar-refractivity contribution is -0.115. The van der Waals surface area contributed by atoms with Gasteiger partial charge in [-0.25, -0.2) is 0 Å². The SMILES string of the molecule is COC1CCC2(CC1)CC(=O)C(c1c(C)cc(Cl)cc1C1CC1)=C2OS(C)(=O)=O. The van der Waals surface area contributed by atoms with Gasteiger partial charge in [-0.2, -0.15) is 8.42 Å². The first-order valence-electron chi connectivity index (χ1n) is 10.1. The molecule has 3 aliphatic carbocycles. The molecule has 0 saturated heterocycles. The number of benzene rings is 1. The highest BCUT2D eigenvalue weighted by Crippen LogP contribution is 2.56. The van der Waals surface area contributed by atoms with Crippen LogP contribution >= 0.6 is 11.6 Å². The third-order valence-electron chi connectivity index (χ3n) is 6.54. The van der Waals surface area contributed by atoms with Crippen molar-refractivity contribution in [1.29, 1.82) is 0 Å². The van der Waals surface area contributed by atoms with Gasteiger partial charge in [0.2, 0.25) is 0 Å². The van der Waals surface area contributed by atoms with Crippen molar-refractivity contribution >= 4 is 33.1 Å². The van der Waals surface area contributed by atoms with Gasteiger partial charge >= 0.3 is 10.1 Å². The standard InChI is InChI=1S/C22H27ClO5S/c1-13-10-15(23)11-17(14-4-5-14)19(13)20-18(24)12-22(21(20)28-29(3,25)26)8-6-16(27-2)7-9-22/h10-11,14,16H,4-9,12H2,1-3H3. The molecule has 0 aliphatic heterocycles. The van der Waals surface area contributed by atoms with Crippen LogP contribution in [0.2, 0.25) is 5.02 Å². The Kier molecular flexibility index (Phi) is 5.33. The number of hydrogen-bond acceptors (Lipinski definition) is 5. The Morgan fingerprint density at radius 1 is 1.14 bits per heavy atom. The summed E-state index contributed by atoms with van der Waals surface area (Å²) in [6.07, 6.45) is 6.49. The summed E-state index contributed by atoms with van der Waals surface area (Å²) in [7, 11) is -2.08. The first kappa shape index (κ1) is 20.9. The van der Waals surface area contributed by atoms with Crippen LogP contribution in [0.25, 0.3) is 5.57 Å². The Morgan fingerprint density at radius 2 is 1.79 bits per heavy atom. The van der Waals surface area contributed by atoms with Crippen molar-refractivity contribution in [3.05, 3.63) is 39.6 Å². The number of ether oxygens (including phenoxy) is 1. The molecule has 0 bridgehead atoms.